The van der Waals surface area contributed by atoms with E-state index in [1.165, 1.54) is 0 Å². The zero-order valence-corrected chi connectivity index (χ0v) is 12.8. The molecule has 0 radical (unpaired) electrons. The van der Waals surface area contributed by atoms with E-state index in [4.69, 9.17) is 0 Å². The van der Waals surface area contributed by atoms with Crippen LogP contribution in [0, 0.1) is 6.92 Å². The third-order valence-corrected chi connectivity index (χ3v) is 4.24. The summed E-state index contributed by atoms with van der Waals surface area (Å²) in [6.07, 6.45) is 0.573. The normalized spacial score (nSPS) is 11.9. The van der Waals surface area contributed by atoms with Crippen LogP contribution in [0.25, 0.3) is 0 Å². The number of thioether (sulfide) groups is 1. The average molecular weight is 301 g/mol. The quantitative estimate of drug-likeness (QED) is 0.758. The van der Waals surface area contributed by atoms with Gasteiger partial charge in [0.05, 0.1) is 0 Å². The first kappa shape index (κ1) is 15.4. The number of benzene rings is 2. The second kappa shape index (κ2) is 7.74. The van der Waals surface area contributed by atoms with Gasteiger partial charge in [-0.1, -0.05) is 36.4 Å². The molecule has 1 atom stereocenters. The summed E-state index contributed by atoms with van der Waals surface area (Å²) in [4.78, 5) is 12.6. The lowest BCUT2D eigenvalue weighted by atomic mass is 10.1. The van der Waals surface area contributed by atoms with Crippen molar-refractivity contribution in [1.29, 1.82) is 0 Å². The van der Waals surface area contributed by atoms with Gasteiger partial charge in [0.1, 0.15) is 6.04 Å². The van der Waals surface area contributed by atoms with Crippen molar-refractivity contribution in [2.45, 2.75) is 24.3 Å². The molecule has 0 aliphatic rings. The van der Waals surface area contributed by atoms with Crippen LogP contribution >= 0.6 is 11.8 Å². The SMILES string of the molecule is Cc1ccccc1N[C@@H](CCSc1ccccc1)C(=O)O. The Kier molecular flexibility index (Phi) is 5.69. The molecule has 2 rings (SSSR count). The molecule has 0 spiro atoms. The number of carbonyl (C=O) groups is 1. The summed E-state index contributed by atoms with van der Waals surface area (Å²) in [5.41, 5.74) is 1.94. The molecule has 110 valence electrons. The summed E-state index contributed by atoms with van der Waals surface area (Å²) in [7, 11) is 0. The van der Waals surface area contributed by atoms with Gasteiger partial charge in [-0.05, 0) is 37.1 Å². The number of anilines is 1. The standard InChI is InChI=1S/C17H19NO2S/c1-13-7-5-6-10-15(13)18-16(17(19)20)11-12-21-14-8-3-2-4-9-14/h2-10,16,18H,11-12H2,1H3,(H,19,20)/t16-/m0/s1. The van der Waals surface area contributed by atoms with Crippen LogP contribution < -0.4 is 5.32 Å². The second-order valence-electron chi connectivity index (χ2n) is 4.80. The maximum atomic E-state index is 11.4. The fourth-order valence-corrected chi connectivity index (χ4v) is 2.93. The lowest BCUT2D eigenvalue weighted by molar-refractivity contribution is -0.137. The third-order valence-electron chi connectivity index (χ3n) is 3.19. The number of para-hydroxylation sites is 1. The summed E-state index contributed by atoms with van der Waals surface area (Å²) in [5, 5.41) is 12.5. The van der Waals surface area contributed by atoms with Crippen LogP contribution in [0.4, 0.5) is 5.69 Å². The van der Waals surface area contributed by atoms with Crippen molar-refractivity contribution in [3.05, 3.63) is 60.2 Å². The molecule has 0 saturated heterocycles. The Balaban J connectivity index is 1.91. The molecule has 0 aromatic heterocycles. The van der Waals surface area contributed by atoms with Crippen LogP contribution in [-0.4, -0.2) is 22.9 Å². The highest BCUT2D eigenvalue weighted by Crippen LogP contribution is 2.20. The van der Waals surface area contributed by atoms with Crippen molar-refractivity contribution in [3.63, 3.8) is 0 Å². The van der Waals surface area contributed by atoms with Crippen LogP contribution in [0.3, 0.4) is 0 Å². The molecule has 0 bridgehead atoms. The fourth-order valence-electron chi connectivity index (χ4n) is 1.99. The molecule has 0 aliphatic heterocycles. The van der Waals surface area contributed by atoms with Crippen LogP contribution in [-0.2, 0) is 4.79 Å². The summed E-state index contributed by atoms with van der Waals surface area (Å²) in [6, 6.07) is 17.2. The summed E-state index contributed by atoms with van der Waals surface area (Å²) < 4.78 is 0. The van der Waals surface area contributed by atoms with Gasteiger partial charge in [0, 0.05) is 16.3 Å². The van der Waals surface area contributed by atoms with E-state index in [9.17, 15) is 9.90 Å². The molecule has 0 fully saturated rings. The van der Waals surface area contributed by atoms with Crippen molar-refractivity contribution >= 4 is 23.4 Å². The van der Waals surface area contributed by atoms with Crippen LogP contribution in [0.1, 0.15) is 12.0 Å². The molecule has 0 aliphatic carbocycles. The topological polar surface area (TPSA) is 49.3 Å². The van der Waals surface area contributed by atoms with Crippen LogP contribution in [0.2, 0.25) is 0 Å². The van der Waals surface area contributed by atoms with Gasteiger partial charge in [-0.15, -0.1) is 11.8 Å². The Hall–Kier alpha value is -1.94. The highest BCUT2D eigenvalue weighted by atomic mass is 32.2. The molecule has 0 amide bonds. The minimum Gasteiger partial charge on any atom is -0.480 e. The predicted octanol–water partition coefficient (Wildman–Crippen LogP) is 4.04. The second-order valence-corrected chi connectivity index (χ2v) is 5.97. The average Bonchev–Trinajstić information content (AvgIpc) is 2.49. The van der Waals surface area contributed by atoms with E-state index in [0.29, 0.717) is 6.42 Å². The van der Waals surface area contributed by atoms with Gasteiger partial charge in [0.15, 0.2) is 0 Å². The van der Waals surface area contributed by atoms with Gasteiger partial charge >= 0.3 is 5.97 Å². The van der Waals surface area contributed by atoms with E-state index in [-0.39, 0.29) is 0 Å². The maximum Gasteiger partial charge on any atom is 0.326 e. The first-order chi connectivity index (χ1) is 10.2. The zero-order valence-electron chi connectivity index (χ0n) is 12.0. The van der Waals surface area contributed by atoms with Gasteiger partial charge in [0.25, 0.3) is 0 Å². The Labute approximate surface area is 129 Å². The highest BCUT2D eigenvalue weighted by molar-refractivity contribution is 7.99. The minimum atomic E-state index is -0.813. The number of nitrogens with one attached hydrogen (secondary N) is 1. The number of aryl methyl sites for hydroxylation is 1. The van der Waals surface area contributed by atoms with Gasteiger partial charge in [-0.3, -0.25) is 0 Å². The van der Waals surface area contributed by atoms with Crippen molar-refractivity contribution in [3.8, 4) is 0 Å². The van der Waals surface area contributed by atoms with Gasteiger partial charge < -0.3 is 10.4 Å². The van der Waals surface area contributed by atoms with Crippen molar-refractivity contribution in [1.82, 2.24) is 0 Å². The van der Waals surface area contributed by atoms with Gasteiger partial charge in [-0.25, -0.2) is 4.79 Å². The molecule has 0 unspecified atom stereocenters. The Morgan fingerprint density at radius 3 is 2.48 bits per heavy atom. The van der Waals surface area contributed by atoms with E-state index in [1.807, 2.05) is 61.5 Å². The number of aliphatic carboxylic acids is 1. The van der Waals surface area contributed by atoms with E-state index in [2.05, 4.69) is 5.32 Å². The Bertz CT molecular complexity index is 586. The molecular weight excluding hydrogens is 282 g/mol. The lowest BCUT2D eigenvalue weighted by Gasteiger charge is -2.17. The molecule has 21 heavy (non-hydrogen) atoms. The molecule has 0 saturated carbocycles. The number of rotatable bonds is 7. The minimum absolute atomic E-state index is 0.567. The molecule has 4 heteroatoms. The van der Waals surface area contributed by atoms with E-state index >= 15 is 0 Å². The summed E-state index contributed by atoms with van der Waals surface area (Å²) in [5.74, 6) is -0.0493. The maximum absolute atomic E-state index is 11.4. The molecular formula is C17H19NO2S. The predicted molar refractivity (Wildman–Crippen MR) is 88.0 cm³/mol. The molecule has 2 aromatic rings. The monoisotopic (exact) mass is 301 g/mol. The first-order valence-corrected chi connectivity index (χ1v) is 7.88. The third kappa shape index (κ3) is 4.83. The highest BCUT2D eigenvalue weighted by Gasteiger charge is 2.17. The summed E-state index contributed by atoms with van der Waals surface area (Å²) in [6.45, 7) is 1.97. The fraction of sp³-hybridized carbons (Fsp3) is 0.235. The van der Waals surface area contributed by atoms with E-state index < -0.39 is 12.0 Å². The van der Waals surface area contributed by atoms with Crippen molar-refractivity contribution in [2.75, 3.05) is 11.1 Å². The van der Waals surface area contributed by atoms with Crippen LogP contribution in [0.15, 0.2) is 59.5 Å². The molecule has 3 nitrogen and oxygen atoms in total. The van der Waals surface area contributed by atoms with Gasteiger partial charge in [0.2, 0.25) is 0 Å². The number of hydrogen-bond donors (Lipinski definition) is 2. The van der Waals surface area contributed by atoms with E-state index in [1.54, 1.807) is 11.8 Å². The lowest BCUT2D eigenvalue weighted by Crippen LogP contribution is -2.30. The molecule has 0 heterocycles. The molecule has 2 aromatic carbocycles. The van der Waals surface area contributed by atoms with Crippen LogP contribution in [0.5, 0.6) is 0 Å². The largest absolute Gasteiger partial charge is 0.480 e. The summed E-state index contributed by atoms with van der Waals surface area (Å²) >= 11 is 1.68. The number of hydrogen-bond acceptors (Lipinski definition) is 3. The smallest absolute Gasteiger partial charge is 0.326 e. The zero-order chi connectivity index (χ0) is 15.1. The number of carboxylic acids is 1. The van der Waals surface area contributed by atoms with E-state index in [0.717, 1.165) is 21.9 Å². The number of carboxylic acid groups (broad SMARTS) is 1. The first-order valence-electron chi connectivity index (χ1n) is 6.89. The Morgan fingerprint density at radius 1 is 1.14 bits per heavy atom. The van der Waals surface area contributed by atoms with Gasteiger partial charge in [-0.2, -0.15) is 0 Å². The molecule has 2 N–H and O–H groups in total. The van der Waals surface area contributed by atoms with Crippen molar-refractivity contribution < 1.29 is 9.90 Å². The van der Waals surface area contributed by atoms with Crippen molar-refractivity contribution in [2.24, 2.45) is 0 Å². The Morgan fingerprint density at radius 2 is 1.81 bits per heavy atom.